The van der Waals surface area contributed by atoms with Gasteiger partial charge in [0.25, 0.3) is 0 Å². The Balaban J connectivity index is 3.41. The summed E-state index contributed by atoms with van der Waals surface area (Å²) in [5.74, 6) is 0.192. The number of ether oxygens (including phenoxy) is 1. The number of nitriles is 1. The van der Waals surface area contributed by atoms with Gasteiger partial charge < -0.3 is 4.74 Å². The molecule has 0 unspecified atom stereocenters. The highest BCUT2D eigenvalue weighted by atomic mass is 127. The van der Waals surface area contributed by atoms with Crippen molar-refractivity contribution in [2.75, 3.05) is 7.11 Å². The summed E-state index contributed by atoms with van der Waals surface area (Å²) < 4.78 is 5.72. The Bertz CT molecular complexity index is 440. The standard InChI is InChI=1S/C9H7IN2O3/c1-15-8-5-7(10)4-6(2-3-11)9(8)12(13)14/h4-5H,2H2,1H3. The van der Waals surface area contributed by atoms with Gasteiger partial charge in [0.05, 0.1) is 24.5 Å². The molecule has 0 bridgehead atoms. The van der Waals surface area contributed by atoms with Gasteiger partial charge in [-0.2, -0.15) is 5.26 Å². The van der Waals surface area contributed by atoms with Crippen LogP contribution >= 0.6 is 22.6 Å². The Morgan fingerprint density at radius 2 is 2.33 bits per heavy atom. The number of benzene rings is 1. The van der Waals surface area contributed by atoms with Crippen molar-refractivity contribution in [2.24, 2.45) is 0 Å². The van der Waals surface area contributed by atoms with Crippen molar-refractivity contribution >= 4 is 28.3 Å². The first kappa shape index (κ1) is 11.7. The molecule has 0 N–H and O–H groups in total. The molecule has 6 heteroatoms. The molecule has 0 heterocycles. The molecule has 0 aliphatic rings. The van der Waals surface area contributed by atoms with E-state index < -0.39 is 4.92 Å². The van der Waals surface area contributed by atoms with E-state index in [1.165, 1.54) is 7.11 Å². The van der Waals surface area contributed by atoms with E-state index in [4.69, 9.17) is 10.00 Å². The minimum absolute atomic E-state index is 0.00349. The summed E-state index contributed by atoms with van der Waals surface area (Å²) in [6.07, 6.45) is 0.00349. The van der Waals surface area contributed by atoms with Gasteiger partial charge in [-0.25, -0.2) is 0 Å². The fourth-order valence-electron chi connectivity index (χ4n) is 1.21. The number of methoxy groups -OCH3 is 1. The van der Waals surface area contributed by atoms with Crippen LogP contribution in [0.2, 0.25) is 0 Å². The van der Waals surface area contributed by atoms with Gasteiger partial charge in [0.1, 0.15) is 0 Å². The van der Waals surface area contributed by atoms with Crippen LogP contribution in [0.1, 0.15) is 5.56 Å². The zero-order valence-electron chi connectivity index (χ0n) is 7.86. The van der Waals surface area contributed by atoms with Gasteiger partial charge in [0.15, 0.2) is 5.75 Å². The van der Waals surface area contributed by atoms with E-state index in [0.717, 1.165) is 3.57 Å². The summed E-state index contributed by atoms with van der Waals surface area (Å²) in [6.45, 7) is 0. The third kappa shape index (κ3) is 2.56. The molecule has 0 aliphatic carbocycles. The molecule has 0 atom stereocenters. The largest absolute Gasteiger partial charge is 0.490 e. The molecule has 0 radical (unpaired) electrons. The average Bonchev–Trinajstić information content (AvgIpc) is 2.16. The Hall–Kier alpha value is -1.36. The number of rotatable bonds is 3. The van der Waals surface area contributed by atoms with Crippen molar-refractivity contribution in [3.05, 3.63) is 31.4 Å². The zero-order valence-corrected chi connectivity index (χ0v) is 10.0. The maximum Gasteiger partial charge on any atom is 0.315 e. The Labute approximate surface area is 99.9 Å². The van der Waals surface area contributed by atoms with Gasteiger partial charge in [-0.05, 0) is 28.7 Å². The maximum atomic E-state index is 10.8. The van der Waals surface area contributed by atoms with Crippen LogP contribution in [0.5, 0.6) is 5.75 Å². The predicted octanol–water partition coefficient (Wildman–Crippen LogP) is 2.27. The lowest BCUT2D eigenvalue weighted by Crippen LogP contribution is -1.99. The first-order valence-electron chi connectivity index (χ1n) is 3.98. The van der Waals surface area contributed by atoms with Gasteiger partial charge in [-0.3, -0.25) is 10.1 Å². The molecule has 0 saturated heterocycles. The van der Waals surface area contributed by atoms with E-state index in [0.29, 0.717) is 5.56 Å². The summed E-state index contributed by atoms with van der Waals surface area (Å²) >= 11 is 2.02. The number of hydrogen-bond donors (Lipinski definition) is 0. The summed E-state index contributed by atoms with van der Waals surface area (Å²) in [5, 5.41) is 19.4. The molecule has 1 rings (SSSR count). The molecule has 1 aromatic carbocycles. The monoisotopic (exact) mass is 318 g/mol. The molecule has 15 heavy (non-hydrogen) atoms. The lowest BCUT2D eigenvalue weighted by Gasteiger charge is -2.05. The maximum absolute atomic E-state index is 10.8. The van der Waals surface area contributed by atoms with E-state index in [1.54, 1.807) is 12.1 Å². The molecule has 78 valence electrons. The summed E-state index contributed by atoms with van der Waals surface area (Å²) in [5.41, 5.74) is 0.255. The number of nitro benzene ring substituents is 1. The van der Waals surface area contributed by atoms with Crippen molar-refractivity contribution in [3.8, 4) is 11.8 Å². The second-order valence-electron chi connectivity index (χ2n) is 2.71. The first-order chi connectivity index (χ1) is 7.10. The molecule has 5 nitrogen and oxygen atoms in total. The molecule has 0 saturated carbocycles. The molecule has 0 aromatic heterocycles. The van der Waals surface area contributed by atoms with Crippen LogP contribution < -0.4 is 4.74 Å². The van der Waals surface area contributed by atoms with Crippen LogP contribution in [0.15, 0.2) is 12.1 Å². The summed E-state index contributed by atoms with van der Waals surface area (Å²) in [6, 6.07) is 5.08. The molecule has 1 aromatic rings. The highest BCUT2D eigenvalue weighted by Gasteiger charge is 2.21. The quantitative estimate of drug-likeness (QED) is 0.487. The zero-order chi connectivity index (χ0) is 11.4. The van der Waals surface area contributed by atoms with Gasteiger partial charge in [0, 0.05) is 15.2 Å². The van der Waals surface area contributed by atoms with Crippen LogP contribution in [0.3, 0.4) is 0 Å². The van der Waals surface area contributed by atoms with Crippen LogP contribution in [0, 0.1) is 25.0 Å². The van der Waals surface area contributed by atoms with Crippen LogP contribution in [-0.4, -0.2) is 12.0 Å². The van der Waals surface area contributed by atoms with Gasteiger partial charge in [0.2, 0.25) is 0 Å². The van der Waals surface area contributed by atoms with E-state index in [-0.39, 0.29) is 17.9 Å². The summed E-state index contributed by atoms with van der Waals surface area (Å²) in [7, 11) is 1.37. The molecule has 0 fully saturated rings. The Kier molecular flexibility index (Phi) is 3.85. The van der Waals surface area contributed by atoms with Gasteiger partial charge in [-0.15, -0.1) is 0 Å². The fourth-order valence-corrected chi connectivity index (χ4v) is 1.87. The van der Waals surface area contributed by atoms with Gasteiger partial charge >= 0.3 is 5.69 Å². The van der Waals surface area contributed by atoms with Crippen molar-refractivity contribution in [3.63, 3.8) is 0 Å². The number of hydrogen-bond acceptors (Lipinski definition) is 4. The van der Waals surface area contributed by atoms with Crippen molar-refractivity contribution in [1.29, 1.82) is 5.26 Å². The van der Waals surface area contributed by atoms with Crippen LogP contribution in [0.25, 0.3) is 0 Å². The van der Waals surface area contributed by atoms with E-state index in [9.17, 15) is 10.1 Å². The van der Waals surface area contributed by atoms with E-state index in [1.807, 2.05) is 28.7 Å². The first-order valence-corrected chi connectivity index (χ1v) is 5.05. The van der Waals surface area contributed by atoms with Crippen molar-refractivity contribution in [1.82, 2.24) is 0 Å². The van der Waals surface area contributed by atoms with E-state index >= 15 is 0 Å². The lowest BCUT2D eigenvalue weighted by atomic mass is 10.1. The van der Waals surface area contributed by atoms with Crippen LogP contribution in [-0.2, 0) is 6.42 Å². The van der Waals surface area contributed by atoms with E-state index in [2.05, 4.69) is 0 Å². The minimum atomic E-state index is -0.526. The normalized spacial score (nSPS) is 9.40. The molecule has 0 aliphatic heterocycles. The van der Waals surface area contributed by atoms with Crippen LogP contribution in [0.4, 0.5) is 5.69 Å². The molecule has 0 spiro atoms. The SMILES string of the molecule is COc1cc(I)cc(CC#N)c1[N+](=O)[O-]. The van der Waals surface area contributed by atoms with Crippen molar-refractivity contribution in [2.45, 2.75) is 6.42 Å². The lowest BCUT2D eigenvalue weighted by molar-refractivity contribution is -0.386. The second-order valence-corrected chi connectivity index (χ2v) is 3.95. The minimum Gasteiger partial charge on any atom is -0.490 e. The smallest absolute Gasteiger partial charge is 0.315 e. The summed E-state index contributed by atoms with van der Waals surface area (Å²) in [4.78, 5) is 10.3. The highest BCUT2D eigenvalue weighted by Crippen LogP contribution is 2.33. The molecular weight excluding hydrogens is 311 g/mol. The predicted molar refractivity (Wildman–Crippen MR) is 61.7 cm³/mol. The molecule has 0 amide bonds. The fraction of sp³-hybridized carbons (Fsp3) is 0.222. The average molecular weight is 318 g/mol. The molecular formula is C9H7IN2O3. The highest BCUT2D eigenvalue weighted by molar-refractivity contribution is 14.1. The van der Waals surface area contributed by atoms with Gasteiger partial charge in [-0.1, -0.05) is 0 Å². The topological polar surface area (TPSA) is 76.2 Å². The number of halogens is 1. The number of nitro groups is 1. The Morgan fingerprint density at radius 3 is 2.80 bits per heavy atom. The Morgan fingerprint density at radius 1 is 1.67 bits per heavy atom. The third-order valence-electron chi connectivity index (χ3n) is 1.79. The van der Waals surface area contributed by atoms with Crippen molar-refractivity contribution < 1.29 is 9.66 Å². The third-order valence-corrected chi connectivity index (χ3v) is 2.41. The number of nitrogens with zero attached hydrogens (tertiary/aromatic N) is 2. The second kappa shape index (κ2) is 4.93.